The number of likely N-dealkylation sites (N-methyl/N-ethyl adjacent to an activating group) is 1. The van der Waals surface area contributed by atoms with Crippen LogP contribution in [0.3, 0.4) is 0 Å². The van der Waals surface area contributed by atoms with Crippen molar-refractivity contribution in [2.75, 3.05) is 13.2 Å². The summed E-state index contributed by atoms with van der Waals surface area (Å²) in [6, 6.07) is 10.5. The molecule has 0 aliphatic heterocycles. The van der Waals surface area contributed by atoms with Gasteiger partial charge in [-0.2, -0.15) is 0 Å². The summed E-state index contributed by atoms with van der Waals surface area (Å²) in [5, 5.41) is 3.50. The number of para-hydroxylation sites is 1. The summed E-state index contributed by atoms with van der Waals surface area (Å²) in [5.74, 6) is 0.967. The van der Waals surface area contributed by atoms with Crippen LogP contribution in [-0.2, 0) is 0 Å². The van der Waals surface area contributed by atoms with Crippen LogP contribution in [0, 0.1) is 0 Å². The van der Waals surface area contributed by atoms with Gasteiger partial charge in [0.2, 0.25) is 0 Å². The summed E-state index contributed by atoms with van der Waals surface area (Å²) in [4.78, 5) is 0. The summed E-state index contributed by atoms with van der Waals surface area (Å²) < 4.78 is 5.82. The highest BCUT2D eigenvalue weighted by molar-refractivity contribution is 5.20. The fourth-order valence-electron chi connectivity index (χ4n) is 2.06. The van der Waals surface area contributed by atoms with Crippen LogP contribution in [0.4, 0.5) is 0 Å². The molecule has 0 aromatic heterocycles. The van der Waals surface area contributed by atoms with E-state index < -0.39 is 0 Å². The van der Waals surface area contributed by atoms with E-state index in [0.29, 0.717) is 6.04 Å². The van der Waals surface area contributed by atoms with Gasteiger partial charge < -0.3 is 10.1 Å². The Balaban J connectivity index is 2.24. The van der Waals surface area contributed by atoms with Gasteiger partial charge >= 0.3 is 0 Å². The molecule has 0 radical (unpaired) electrons. The largest absolute Gasteiger partial charge is 0.492 e. The van der Waals surface area contributed by atoms with Gasteiger partial charge in [0.1, 0.15) is 12.4 Å². The van der Waals surface area contributed by atoms with E-state index in [0.717, 1.165) is 18.9 Å². The third-order valence-corrected chi connectivity index (χ3v) is 3.09. The fourth-order valence-corrected chi connectivity index (χ4v) is 2.06. The number of nitrogens with one attached hydrogen (secondary N) is 1. The van der Waals surface area contributed by atoms with Crippen molar-refractivity contribution in [3.05, 3.63) is 30.3 Å². The standard InChI is InChI=1S/C16H27NO/c1-3-5-6-8-11-15(17-4-2)14-18-16-12-9-7-10-13-16/h7,9-10,12-13,15,17H,3-6,8,11,14H2,1-2H3. The molecule has 0 bridgehead atoms. The number of benzene rings is 1. The maximum Gasteiger partial charge on any atom is 0.119 e. The van der Waals surface area contributed by atoms with Gasteiger partial charge in [0.15, 0.2) is 0 Å². The van der Waals surface area contributed by atoms with Crippen molar-refractivity contribution in [1.82, 2.24) is 5.32 Å². The first kappa shape index (κ1) is 15.0. The Morgan fingerprint density at radius 3 is 2.50 bits per heavy atom. The Kier molecular flexibility index (Phi) is 8.32. The number of ether oxygens (including phenoxy) is 1. The summed E-state index contributed by atoms with van der Waals surface area (Å²) in [6.07, 6.45) is 6.48. The van der Waals surface area contributed by atoms with Gasteiger partial charge in [-0.3, -0.25) is 0 Å². The first-order valence-electron chi connectivity index (χ1n) is 7.28. The van der Waals surface area contributed by atoms with Crippen molar-refractivity contribution in [2.45, 2.75) is 52.0 Å². The maximum atomic E-state index is 5.82. The first-order chi connectivity index (χ1) is 8.86. The van der Waals surface area contributed by atoms with Crippen LogP contribution in [0.15, 0.2) is 30.3 Å². The van der Waals surface area contributed by atoms with Crippen LogP contribution in [-0.4, -0.2) is 19.2 Å². The van der Waals surface area contributed by atoms with Crippen LogP contribution in [0.5, 0.6) is 5.75 Å². The zero-order valence-corrected chi connectivity index (χ0v) is 11.8. The lowest BCUT2D eigenvalue weighted by molar-refractivity contribution is 0.255. The molecule has 1 aromatic carbocycles. The molecule has 1 atom stereocenters. The average Bonchev–Trinajstić information content (AvgIpc) is 2.42. The highest BCUT2D eigenvalue weighted by Gasteiger charge is 2.07. The third-order valence-electron chi connectivity index (χ3n) is 3.09. The molecule has 2 nitrogen and oxygen atoms in total. The Labute approximate surface area is 112 Å². The second-order valence-corrected chi connectivity index (χ2v) is 4.73. The molecule has 0 aliphatic carbocycles. The average molecular weight is 249 g/mol. The molecule has 1 aromatic rings. The lowest BCUT2D eigenvalue weighted by Crippen LogP contribution is -2.34. The fraction of sp³-hybridized carbons (Fsp3) is 0.625. The van der Waals surface area contributed by atoms with Crippen molar-refractivity contribution < 1.29 is 4.74 Å². The van der Waals surface area contributed by atoms with Crippen LogP contribution in [0.2, 0.25) is 0 Å². The van der Waals surface area contributed by atoms with Gasteiger partial charge in [-0.15, -0.1) is 0 Å². The minimum atomic E-state index is 0.479. The summed E-state index contributed by atoms with van der Waals surface area (Å²) in [6.45, 7) is 6.18. The molecule has 0 amide bonds. The van der Waals surface area contributed by atoms with Gasteiger partial charge in [-0.1, -0.05) is 57.7 Å². The molecule has 1 unspecified atom stereocenters. The summed E-state index contributed by atoms with van der Waals surface area (Å²) in [7, 11) is 0. The summed E-state index contributed by atoms with van der Waals surface area (Å²) in [5.41, 5.74) is 0. The zero-order valence-electron chi connectivity index (χ0n) is 11.8. The van der Waals surface area contributed by atoms with E-state index in [1.54, 1.807) is 0 Å². The molecule has 0 fully saturated rings. The molecule has 1 N–H and O–H groups in total. The Hall–Kier alpha value is -1.02. The lowest BCUT2D eigenvalue weighted by atomic mass is 10.1. The summed E-state index contributed by atoms with van der Waals surface area (Å²) >= 11 is 0. The molecular weight excluding hydrogens is 222 g/mol. The third kappa shape index (κ3) is 6.65. The zero-order chi connectivity index (χ0) is 13.1. The second-order valence-electron chi connectivity index (χ2n) is 4.73. The Morgan fingerprint density at radius 1 is 1.06 bits per heavy atom. The van der Waals surface area contributed by atoms with Gasteiger partial charge in [0.05, 0.1) is 0 Å². The smallest absolute Gasteiger partial charge is 0.119 e. The predicted octanol–water partition coefficient (Wildman–Crippen LogP) is 4.01. The van der Waals surface area contributed by atoms with E-state index in [1.165, 1.54) is 32.1 Å². The number of hydrogen-bond donors (Lipinski definition) is 1. The van der Waals surface area contributed by atoms with E-state index >= 15 is 0 Å². The number of rotatable bonds is 10. The number of unbranched alkanes of at least 4 members (excludes halogenated alkanes) is 3. The van der Waals surface area contributed by atoms with Crippen molar-refractivity contribution in [1.29, 1.82) is 0 Å². The van der Waals surface area contributed by atoms with Crippen molar-refractivity contribution in [2.24, 2.45) is 0 Å². The van der Waals surface area contributed by atoms with Crippen LogP contribution < -0.4 is 10.1 Å². The molecule has 0 spiro atoms. The van der Waals surface area contributed by atoms with Crippen molar-refractivity contribution in [3.63, 3.8) is 0 Å². The Morgan fingerprint density at radius 2 is 1.83 bits per heavy atom. The van der Waals surface area contributed by atoms with E-state index in [1.807, 2.05) is 30.3 Å². The molecular formula is C16H27NO. The first-order valence-corrected chi connectivity index (χ1v) is 7.28. The van der Waals surface area contributed by atoms with E-state index in [4.69, 9.17) is 4.74 Å². The SMILES string of the molecule is CCCCCCC(COc1ccccc1)NCC. The van der Waals surface area contributed by atoms with E-state index in [-0.39, 0.29) is 0 Å². The van der Waals surface area contributed by atoms with Crippen LogP contribution >= 0.6 is 0 Å². The topological polar surface area (TPSA) is 21.3 Å². The van der Waals surface area contributed by atoms with E-state index in [9.17, 15) is 0 Å². The van der Waals surface area contributed by atoms with Crippen molar-refractivity contribution in [3.8, 4) is 5.75 Å². The predicted molar refractivity (Wildman–Crippen MR) is 78.2 cm³/mol. The lowest BCUT2D eigenvalue weighted by Gasteiger charge is -2.18. The quantitative estimate of drug-likeness (QED) is 0.632. The van der Waals surface area contributed by atoms with Crippen molar-refractivity contribution >= 4 is 0 Å². The van der Waals surface area contributed by atoms with Crippen LogP contribution in [0.1, 0.15) is 46.0 Å². The maximum absolute atomic E-state index is 5.82. The molecule has 0 aliphatic rings. The minimum Gasteiger partial charge on any atom is -0.492 e. The van der Waals surface area contributed by atoms with Gasteiger partial charge in [-0.25, -0.2) is 0 Å². The molecule has 1 rings (SSSR count). The van der Waals surface area contributed by atoms with Gasteiger partial charge in [-0.05, 0) is 25.1 Å². The van der Waals surface area contributed by atoms with Crippen LogP contribution in [0.25, 0.3) is 0 Å². The molecule has 0 heterocycles. The Bertz CT molecular complexity index is 286. The molecule has 2 heteroatoms. The molecule has 0 saturated carbocycles. The molecule has 102 valence electrons. The normalized spacial score (nSPS) is 12.3. The highest BCUT2D eigenvalue weighted by atomic mass is 16.5. The molecule has 18 heavy (non-hydrogen) atoms. The van der Waals surface area contributed by atoms with Gasteiger partial charge in [0.25, 0.3) is 0 Å². The second kappa shape index (κ2) is 9.95. The number of hydrogen-bond acceptors (Lipinski definition) is 2. The van der Waals surface area contributed by atoms with Gasteiger partial charge in [0, 0.05) is 6.04 Å². The monoisotopic (exact) mass is 249 g/mol. The minimum absolute atomic E-state index is 0.479. The highest BCUT2D eigenvalue weighted by Crippen LogP contribution is 2.11. The van der Waals surface area contributed by atoms with E-state index in [2.05, 4.69) is 19.2 Å². The molecule has 0 saturated heterocycles.